The molecule has 1 atom stereocenters. The number of hydrogen-bond acceptors (Lipinski definition) is 2. The van der Waals surface area contributed by atoms with Crippen molar-refractivity contribution in [2.45, 2.75) is 24.9 Å². The molecule has 72 valence electrons. The van der Waals surface area contributed by atoms with Crippen molar-refractivity contribution in [3.63, 3.8) is 0 Å². The number of thiophene rings is 1. The van der Waals surface area contributed by atoms with Crippen LogP contribution in [0.15, 0.2) is 17.5 Å². The molecule has 0 aromatic carbocycles. The Morgan fingerprint density at radius 3 is 3.08 bits per heavy atom. The lowest BCUT2D eigenvalue weighted by Gasteiger charge is -2.25. The summed E-state index contributed by atoms with van der Waals surface area (Å²) in [5.74, 6) is 0. The third kappa shape index (κ3) is 2.14. The molecule has 0 spiro atoms. The van der Waals surface area contributed by atoms with Crippen molar-refractivity contribution < 1.29 is 4.74 Å². The average Bonchev–Trinajstić information content (AvgIpc) is 2.77. The summed E-state index contributed by atoms with van der Waals surface area (Å²) in [4.78, 5) is 1.43. The summed E-state index contributed by atoms with van der Waals surface area (Å²) in [6, 6.07) is 4.30. The Kier molecular flexibility index (Phi) is 3.06. The van der Waals surface area contributed by atoms with Gasteiger partial charge in [0.2, 0.25) is 0 Å². The summed E-state index contributed by atoms with van der Waals surface area (Å²) in [7, 11) is 0. The predicted molar refractivity (Wildman–Crippen MR) is 59.7 cm³/mol. The molecular formula is C10H13BrOS. The number of hydrogen-bond donors (Lipinski definition) is 0. The van der Waals surface area contributed by atoms with E-state index < -0.39 is 0 Å². The zero-order valence-electron chi connectivity index (χ0n) is 7.46. The van der Waals surface area contributed by atoms with Crippen LogP contribution in [0.3, 0.4) is 0 Å². The van der Waals surface area contributed by atoms with Crippen molar-refractivity contribution in [2.24, 2.45) is 0 Å². The van der Waals surface area contributed by atoms with Crippen molar-refractivity contribution in [3.8, 4) is 0 Å². The average molecular weight is 261 g/mol. The molecular weight excluding hydrogens is 248 g/mol. The molecule has 1 aromatic rings. The van der Waals surface area contributed by atoms with Crippen LogP contribution in [-0.2, 0) is 11.2 Å². The van der Waals surface area contributed by atoms with Crippen LogP contribution in [-0.4, -0.2) is 17.5 Å². The maximum Gasteiger partial charge on any atom is 0.0827 e. The molecule has 1 aliphatic heterocycles. The van der Waals surface area contributed by atoms with Crippen LogP contribution in [0, 0.1) is 0 Å². The summed E-state index contributed by atoms with van der Waals surface area (Å²) >= 11 is 5.38. The minimum Gasteiger partial charge on any atom is -0.374 e. The van der Waals surface area contributed by atoms with Gasteiger partial charge in [-0.1, -0.05) is 22.0 Å². The van der Waals surface area contributed by atoms with Crippen LogP contribution in [0.4, 0.5) is 0 Å². The van der Waals surface area contributed by atoms with E-state index >= 15 is 0 Å². The van der Waals surface area contributed by atoms with Gasteiger partial charge in [0.1, 0.15) is 0 Å². The fraction of sp³-hybridized carbons (Fsp3) is 0.600. The minimum absolute atomic E-state index is 0.0881. The highest BCUT2D eigenvalue weighted by molar-refractivity contribution is 9.09. The maximum atomic E-state index is 5.82. The van der Waals surface area contributed by atoms with E-state index in [2.05, 4.69) is 33.4 Å². The van der Waals surface area contributed by atoms with Crippen LogP contribution in [0.25, 0.3) is 0 Å². The second-order valence-corrected chi connectivity index (χ2v) is 5.12. The van der Waals surface area contributed by atoms with Crippen LogP contribution in [0.5, 0.6) is 0 Å². The number of ether oxygens (including phenoxy) is 1. The highest BCUT2D eigenvalue weighted by Crippen LogP contribution is 2.32. The van der Waals surface area contributed by atoms with Gasteiger partial charge in [-0.15, -0.1) is 11.3 Å². The van der Waals surface area contributed by atoms with Gasteiger partial charge in [-0.05, 0) is 24.3 Å². The monoisotopic (exact) mass is 260 g/mol. The molecule has 13 heavy (non-hydrogen) atoms. The van der Waals surface area contributed by atoms with Gasteiger partial charge in [0, 0.05) is 23.2 Å². The molecule has 0 N–H and O–H groups in total. The molecule has 1 aliphatic rings. The highest BCUT2D eigenvalue weighted by Gasteiger charge is 2.34. The second-order valence-electron chi connectivity index (χ2n) is 3.52. The lowest BCUT2D eigenvalue weighted by molar-refractivity contribution is 0.0266. The predicted octanol–water partition coefficient (Wildman–Crippen LogP) is 3.23. The van der Waals surface area contributed by atoms with Gasteiger partial charge < -0.3 is 4.74 Å². The molecule has 0 saturated carbocycles. The zero-order valence-corrected chi connectivity index (χ0v) is 9.86. The molecule has 1 aromatic heterocycles. The third-order valence-electron chi connectivity index (χ3n) is 2.51. The van der Waals surface area contributed by atoms with Gasteiger partial charge >= 0.3 is 0 Å². The Morgan fingerprint density at radius 1 is 1.62 bits per heavy atom. The Morgan fingerprint density at radius 2 is 2.54 bits per heavy atom. The van der Waals surface area contributed by atoms with E-state index in [1.807, 2.05) is 11.3 Å². The van der Waals surface area contributed by atoms with Crippen LogP contribution >= 0.6 is 27.3 Å². The Bertz CT molecular complexity index is 252. The smallest absolute Gasteiger partial charge is 0.0827 e. The molecule has 1 nitrogen and oxygen atoms in total. The van der Waals surface area contributed by atoms with Crippen molar-refractivity contribution in [3.05, 3.63) is 22.4 Å². The summed E-state index contributed by atoms with van der Waals surface area (Å²) in [6.07, 6.45) is 3.46. The molecule has 3 heteroatoms. The van der Waals surface area contributed by atoms with Crippen molar-refractivity contribution in [2.75, 3.05) is 11.9 Å². The maximum absolute atomic E-state index is 5.82. The first kappa shape index (κ1) is 9.69. The van der Waals surface area contributed by atoms with Gasteiger partial charge in [0.15, 0.2) is 0 Å². The summed E-state index contributed by atoms with van der Waals surface area (Å²) in [5.41, 5.74) is 0.0881. The topological polar surface area (TPSA) is 9.23 Å². The first-order chi connectivity index (χ1) is 6.35. The molecule has 0 bridgehead atoms. The standard InChI is InChI=1S/C10H13BrOS/c11-8-10(4-2-5-12-10)7-9-3-1-6-13-9/h1,3,6H,2,4-5,7-8H2. The lowest BCUT2D eigenvalue weighted by atomic mass is 9.98. The molecule has 2 rings (SSSR count). The van der Waals surface area contributed by atoms with E-state index in [1.54, 1.807) is 0 Å². The van der Waals surface area contributed by atoms with E-state index in [-0.39, 0.29) is 5.60 Å². The quantitative estimate of drug-likeness (QED) is 0.759. The fourth-order valence-electron chi connectivity index (χ4n) is 1.78. The van der Waals surface area contributed by atoms with Gasteiger partial charge in [-0.25, -0.2) is 0 Å². The normalized spacial score (nSPS) is 28.1. The number of halogens is 1. The Hall–Kier alpha value is 0.140. The highest BCUT2D eigenvalue weighted by atomic mass is 79.9. The van der Waals surface area contributed by atoms with Crippen LogP contribution < -0.4 is 0 Å². The number of rotatable bonds is 3. The molecule has 1 saturated heterocycles. The molecule has 0 aliphatic carbocycles. The lowest BCUT2D eigenvalue weighted by Crippen LogP contribution is -2.32. The SMILES string of the molecule is BrCC1(Cc2cccs2)CCCO1. The van der Waals surface area contributed by atoms with Crippen LogP contribution in [0.2, 0.25) is 0 Å². The fourth-order valence-corrected chi connectivity index (χ4v) is 3.25. The van der Waals surface area contributed by atoms with Crippen molar-refractivity contribution in [1.82, 2.24) is 0 Å². The van der Waals surface area contributed by atoms with E-state index in [9.17, 15) is 0 Å². The molecule has 0 radical (unpaired) electrons. The molecule has 1 fully saturated rings. The number of alkyl halides is 1. The van der Waals surface area contributed by atoms with Crippen molar-refractivity contribution in [1.29, 1.82) is 0 Å². The van der Waals surface area contributed by atoms with E-state index in [1.165, 1.54) is 17.7 Å². The largest absolute Gasteiger partial charge is 0.374 e. The Labute approximate surface area is 91.2 Å². The van der Waals surface area contributed by atoms with Gasteiger partial charge in [0.25, 0.3) is 0 Å². The van der Waals surface area contributed by atoms with E-state index in [4.69, 9.17) is 4.74 Å². The summed E-state index contributed by atoms with van der Waals surface area (Å²) in [5, 5.41) is 3.09. The molecule has 2 heterocycles. The van der Waals surface area contributed by atoms with Gasteiger partial charge in [-0.3, -0.25) is 0 Å². The second kappa shape index (κ2) is 4.11. The zero-order chi connectivity index (χ0) is 9.15. The first-order valence-corrected chi connectivity index (χ1v) is 6.57. The van der Waals surface area contributed by atoms with E-state index in [0.717, 1.165) is 18.4 Å². The molecule has 0 amide bonds. The molecule has 1 unspecified atom stereocenters. The van der Waals surface area contributed by atoms with Gasteiger partial charge in [0.05, 0.1) is 5.60 Å². The van der Waals surface area contributed by atoms with Crippen LogP contribution in [0.1, 0.15) is 17.7 Å². The van der Waals surface area contributed by atoms with Gasteiger partial charge in [-0.2, -0.15) is 0 Å². The van der Waals surface area contributed by atoms with Crippen molar-refractivity contribution >= 4 is 27.3 Å². The van der Waals surface area contributed by atoms with E-state index in [0.29, 0.717) is 0 Å². The first-order valence-electron chi connectivity index (χ1n) is 4.57. The Balaban J connectivity index is 2.06. The minimum atomic E-state index is 0.0881. The summed E-state index contributed by atoms with van der Waals surface area (Å²) in [6.45, 7) is 0.928. The summed E-state index contributed by atoms with van der Waals surface area (Å²) < 4.78 is 5.82. The third-order valence-corrected chi connectivity index (χ3v) is 4.40.